The lowest BCUT2D eigenvalue weighted by Crippen LogP contribution is -2.23. The van der Waals surface area contributed by atoms with E-state index < -0.39 is 0 Å². The van der Waals surface area contributed by atoms with Crippen LogP contribution in [-0.2, 0) is 6.54 Å². The number of rotatable bonds is 6. The summed E-state index contributed by atoms with van der Waals surface area (Å²) >= 11 is 7.97. The number of hydrogen-bond acceptors (Lipinski definition) is 8. The van der Waals surface area contributed by atoms with Gasteiger partial charge >= 0.3 is 0 Å². The first-order valence-corrected chi connectivity index (χ1v) is 11.3. The first-order valence-electron chi connectivity index (χ1n) is 10.1. The van der Waals surface area contributed by atoms with Gasteiger partial charge in [0.2, 0.25) is 5.75 Å². The molecule has 10 heteroatoms. The largest absolute Gasteiger partial charge is 0.506 e. The lowest BCUT2D eigenvalue weighted by Gasteiger charge is -2.18. The number of methoxy groups -OCH3 is 3. The predicted molar refractivity (Wildman–Crippen MR) is 131 cm³/mol. The molecule has 34 heavy (non-hydrogen) atoms. The Balaban J connectivity index is 1.89. The van der Waals surface area contributed by atoms with Crippen LogP contribution >= 0.6 is 22.9 Å². The number of phenolic OH excluding ortho intramolecular Hbond substituents is 1. The van der Waals surface area contributed by atoms with E-state index in [1.165, 1.54) is 43.5 Å². The van der Waals surface area contributed by atoms with Crippen LogP contribution in [0.4, 0.5) is 0 Å². The molecular formula is C24H19ClN2O6S. The van der Waals surface area contributed by atoms with E-state index in [-0.39, 0.29) is 28.6 Å². The summed E-state index contributed by atoms with van der Waals surface area (Å²) in [6.45, 7) is 0.118. The van der Waals surface area contributed by atoms with Crippen molar-refractivity contribution in [3.63, 3.8) is 0 Å². The molecule has 0 amide bonds. The molecule has 0 atom stereocenters. The van der Waals surface area contributed by atoms with Crippen LogP contribution in [0.3, 0.4) is 0 Å². The Morgan fingerprint density at radius 3 is 2.59 bits per heavy atom. The Hall–Kier alpha value is -3.69. The fourth-order valence-corrected chi connectivity index (χ4v) is 5.34. The van der Waals surface area contributed by atoms with E-state index in [2.05, 4.69) is 0 Å². The van der Waals surface area contributed by atoms with Crippen molar-refractivity contribution in [2.24, 2.45) is 0 Å². The van der Waals surface area contributed by atoms with E-state index in [0.29, 0.717) is 48.9 Å². The van der Waals surface area contributed by atoms with Gasteiger partial charge in [-0.15, -0.1) is 11.3 Å². The molecule has 2 aromatic carbocycles. The number of fused-ring (bicyclic) bond motifs is 3. The zero-order valence-corrected chi connectivity index (χ0v) is 20.0. The molecule has 0 aliphatic rings. The summed E-state index contributed by atoms with van der Waals surface area (Å²) in [6.07, 6.45) is 1.54. The van der Waals surface area contributed by atoms with E-state index in [4.69, 9.17) is 35.2 Å². The van der Waals surface area contributed by atoms with Crippen molar-refractivity contribution >= 4 is 43.2 Å². The van der Waals surface area contributed by atoms with Crippen LogP contribution in [0.15, 0.2) is 51.9 Å². The minimum Gasteiger partial charge on any atom is -0.506 e. The Labute approximate surface area is 202 Å². The number of thiophene rings is 1. The van der Waals surface area contributed by atoms with E-state index in [9.17, 15) is 9.90 Å². The Kier molecular flexibility index (Phi) is 5.59. The zero-order chi connectivity index (χ0) is 24.0. The topological polar surface area (TPSA) is 96.0 Å². The summed E-state index contributed by atoms with van der Waals surface area (Å²) in [7, 11) is 4.45. The molecule has 0 saturated carbocycles. The molecule has 0 spiro atoms. The maximum Gasteiger partial charge on any atom is 0.263 e. The minimum atomic E-state index is -0.293. The van der Waals surface area contributed by atoms with Gasteiger partial charge in [-0.1, -0.05) is 23.7 Å². The molecule has 5 aromatic rings. The number of furan rings is 1. The molecule has 0 radical (unpaired) electrons. The van der Waals surface area contributed by atoms with Crippen molar-refractivity contribution in [3.8, 4) is 34.4 Å². The van der Waals surface area contributed by atoms with Crippen LogP contribution < -0.4 is 19.8 Å². The third kappa shape index (κ3) is 3.36. The van der Waals surface area contributed by atoms with Crippen molar-refractivity contribution in [1.29, 1.82) is 0 Å². The summed E-state index contributed by atoms with van der Waals surface area (Å²) < 4.78 is 24.0. The standard InChI is InChI=1S/C24H19ClN2O6S/c1-30-16-10-14(18(25)20(32-3)19(16)31-2)22-26-23-17(13-7-4-8-15(28)21(13)34-23)24(29)27(22)11-12-6-5-9-33-12/h4-10,28H,11H2,1-3H3. The summed E-state index contributed by atoms with van der Waals surface area (Å²) in [5, 5.41) is 11.6. The Morgan fingerprint density at radius 2 is 1.91 bits per heavy atom. The molecule has 3 heterocycles. The van der Waals surface area contributed by atoms with Crippen molar-refractivity contribution in [2.45, 2.75) is 6.54 Å². The molecule has 1 N–H and O–H groups in total. The average molecular weight is 499 g/mol. The van der Waals surface area contributed by atoms with Crippen LogP contribution in [-0.4, -0.2) is 36.0 Å². The minimum absolute atomic E-state index is 0.0878. The third-order valence-electron chi connectivity index (χ3n) is 5.50. The molecule has 0 aliphatic heterocycles. The zero-order valence-electron chi connectivity index (χ0n) is 18.4. The molecule has 0 bridgehead atoms. The van der Waals surface area contributed by atoms with Gasteiger partial charge in [-0.05, 0) is 24.3 Å². The molecule has 0 saturated heterocycles. The van der Waals surface area contributed by atoms with Gasteiger partial charge in [-0.2, -0.15) is 0 Å². The molecule has 0 aliphatic carbocycles. The molecule has 174 valence electrons. The second-order valence-electron chi connectivity index (χ2n) is 7.35. The van der Waals surface area contributed by atoms with Gasteiger partial charge in [-0.25, -0.2) is 4.98 Å². The number of halogens is 1. The monoisotopic (exact) mass is 498 g/mol. The van der Waals surface area contributed by atoms with E-state index >= 15 is 0 Å². The van der Waals surface area contributed by atoms with Gasteiger partial charge in [-0.3, -0.25) is 9.36 Å². The Morgan fingerprint density at radius 1 is 1.12 bits per heavy atom. The highest BCUT2D eigenvalue weighted by molar-refractivity contribution is 7.25. The van der Waals surface area contributed by atoms with Crippen molar-refractivity contribution in [1.82, 2.24) is 9.55 Å². The van der Waals surface area contributed by atoms with Gasteiger partial charge in [0.1, 0.15) is 22.2 Å². The number of benzene rings is 2. The third-order valence-corrected chi connectivity index (χ3v) is 7.00. The molecular weight excluding hydrogens is 480 g/mol. The van der Waals surface area contributed by atoms with Crippen molar-refractivity contribution < 1.29 is 23.7 Å². The van der Waals surface area contributed by atoms with E-state index in [0.717, 1.165) is 0 Å². The summed E-state index contributed by atoms with van der Waals surface area (Å²) in [6, 6.07) is 10.2. The van der Waals surface area contributed by atoms with Gasteiger partial charge in [0.25, 0.3) is 5.56 Å². The second kappa shape index (κ2) is 8.58. The number of aromatic nitrogens is 2. The summed E-state index contributed by atoms with van der Waals surface area (Å²) in [5.74, 6) is 1.90. The molecule has 5 rings (SSSR count). The highest BCUT2D eigenvalue weighted by atomic mass is 35.5. The summed E-state index contributed by atoms with van der Waals surface area (Å²) in [4.78, 5) is 19.1. The maximum atomic E-state index is 13.9. The lowest BCUT2D eigenvalue weighted by atomic mass is 10.1. The first kappa shape index (κ1) is 22.1. The van der Waals surface area contributed by atoms with Crippen molar-refractivity contribution in [3.05, 3.63) is 63.8 Å². The normalized spacial score (nSPS) is 11.3. The van der Waals surface area contributed by atoms with Gasteiger partial charge in [0, 0.05) is 10.9 Å². The molecule has 3 aromatic heterocycles. The molecule has 8 nitrogen and oxygen atoms in total. The highest BCUT2D eigenvalue weighted by Crippen LogP contribution is 2.48. The lowest BCUT2D eigenvalue weighted by molar-refractivity contribution is 0.324. The number of nitrogens with zero attached hydrogens (tertiary/aromatic N) is 2. The average Bonchev–Trinajstić information content (AvgIpc) is 3.49. The second-order valence-corrected chi connectivity index (χ2v) is 8.73. The van der Waals surface area contributed by atoms with Crippen molar-refractivity contribution in [2.75, 3.05) is 21.3 Å². The van der Waals surface area contributed by atoms with Gasteiger partial charge < -0.3 is 23.7 Å². The Bertz CT molecular complexity index is 1590. The van der Waals surface area contributed by atoms with E-state index in [1.807, 2.05) is 0 Å². The first-order chi connectivity index (χ1) is 16.5. The number of aromatic hydroxyl groups is 1. The quantitative estimate of drug-likeness (QED) is 0.339. The van der Waals surface area contributed by atoms with Gasteiger partial charge in [0.05, 0.1) is 49.2 Å². The van der Waals surface area contributed by atoms with Crippen LogP contribution in [0.5, 0.6) is 23.0 Å². The molecule has 0 unspecified atom stereocenters. The van der Waals surface area contributed by atoms with Gasteiger partial charge in [0.15, 0.2) is 11.5 Å². The number of hydrogen-bond donors (Lipinski definition) is 1. The fourth-order valence-electron chi connectivity index (χ4n) is 3.96. The summed E-state index contributed by atoms with van der Waals surface area (Å²) in [5.41, 5.74) is 0.126. The fraction of sp³-hybridized carbons (Fsp3) is 0.167. The SMILES string of the molecule is COc1cc(-c2nc3sc4c(O)cccc4c3c(=O)n2Cc2ccco2)c(Cl)c(OC)c1OC. The number of ether oxygens (including phenoxy) is 3. The van der Waals surface area contributed by atoms with Crippen LogP contribution in [0.2, 0.25) is 5.02 Å². The maximum absolute atomic E-state index is 13.9. The van der Waals surface area contributed by atoms with Crippen LogP contribution in [0, 0.1) is 0 Å². The molecule has 0 fully saturated rings. The van der Waals surface area contributed by atoms with Crippen LogP contribution in [0.25, 0.3) is 31.7 Å². The number of phenols is 1. The van der Waals surface area contributed by atoms with E-state index in [1.54, 1.807) is 36.4 Å². The van der Waals surface area contributed by atoms with Crippen LogP contribution in [0.1, 0.15) is 5.76 Å². The highest BCUT2D eigenvalue weighted by Gasteiger charge is 2.25. The smallest absolute Gasteiger partial charge is 0.263 e. The predicted octanol–water partition coefficient (Wildman–Crippen LogP) is 5.30.